The number of rotatable bonds is 7. The number of esters is 1. The Morgan fingerprint density at radius 3 is 2.96 bits per heavy atom. The number of hydrogen-bond acceptors (Lipinski definition) is 7. The molecule has 1 aromatic heterocycles. The summed E-state index contributed by atoms with van der Waals surface area (Å²) in [6, 6.07) is 5.29. The van der Waals surface area contributed by atoms with Gasteiger partial charge in [-0.15, -0.1) is 0 Å². The smallest absolute Gasteiger partial charge is 0.337 e. The van der Waals surface area contributed by atoms with E-state index in [2.05, 4.69) is 10.3 Å². The highest BCUT2D eigenvalue weighted by atomic mass is 16.5. The molecule has 138 valence electrons. The number of nitrogens with zero attached hydrogens (tertiary/aromatic N) is 2. The molecule has 0 spiro atoms. The fourth-order valence-electron chi connectivity index (χ4n) is 2.87. The fourth-order valence-corrected chi connectivity index (χ4v) is 2.87. The average Bonchev–Trinajstić information content (AvgIpc) is 3.17. The van der Waals surface area contributed by atoms with Crippen LogP contribution in [0.25, 0.3) is 11.1 Å². The van der Waals surface area contributed by atoms with Crippen molar-refractivity contribution in [3.8, 4) is 0 Å². The molecule has 2 aromatic rings. The molecule has 26 heavy (non-hydrogen) atoms. The predicted molar refractivity (Wildman–Crippen MR) is 94.3 cm³/mol. The first-order valence-electron chi connectivity index (χ1n) is 8.45. The monoisotopic (exact) mass is 359 g/mol. The minimum absolute atomic E-state index is 0.0985. The number of oxazole rings is 1. The molecule has 2 N–H and O–H groups in total. The predicted octanol–water partition coefficient (Wildman–Crippen LogP) is 1.45. The van der Waals surface area contributed by atoms with E-state index in [-0.39, 0.29) is 36.9 Å². The quantitative estimate of drug-likeness (QED) is 0.721. The van der Waals surface area contributed by atoms with Crippen molar-refractivity contribution in [3.63, 3.8) is 0 Å². The maximum Gasteiger partial charge on any atom is 0.337 e. The number of aliphatic hydroxyl groups is 1. The van der Waals surface area contributed by atoms with E-state index in [0.29, 0.717) is 22.7 Å². The van der Waals surface area contributed by atoms with E-state index in [0.717, 1.165) is 12.8 Å². The number of benzene rings is 1. The van der Waals surface area contributed by atoms with Gasteiger partial charge in [-0.25, -0.2) is 9.78 Å². The molecule has 0 aliphatic carbocycles. The second-order valence-corrected chi connectivity index (χ2v) is 5.96. The van der Waals surface area contributed by atoms with Crippen molar-refractivity contribution in [1.29, 1.82) is 0 Å². The molecule has 0 radical (unpaired) electrons. The molecule has 2 heterocycles. The SMILES string of the molecule is CCCc1nc2cc(NC3=C(C(=O)OC)CN(CCO)C3=O)ccc2o1. The molecule has 8 nitrogen and oxygen atoms in total. The molecule has 1 aliphatic heterocycles. The molecular weight excluding hydrogens is 338 g/mol. The summed E-state index contributed by atoms with van der Waals surface area (Å²) >= 11 is 0. The van der Waals surface area contributed by atoms with Gasteiger partial charge in [0.05, 0.1) is 25.8 Å². The van der Waals surface area contributed by atoms with Crippen molar-refractivity contribution in [1.82, 2.24) is 9.88 Å². The summed E-state index contributed by atoms with van der Waals surface area (Å²) in [7, 11) is 1.27. The van der Waals surface area contributed by atoms with Gasteiger partial charge in [-0.2, -0.15) is 0 Å². The van der Waals surface area contributed by atoms with Gasteiger partial charge in [-0.3, -0.25) is 4.79 Å². The Morgan fingerprint density at radius 1 is 1.46 bits per heavy atom. The van der Waals surface area contributed by atoms with E-state index in [9.17, 15) is 9.59 Å². The van der Waals surface area contributed by atoms with Crippen molar-refractivity contribution in [2.45, 2.75) is 19.8 Å². The Kier molecular flexibility index (Phi) is 5.22. The van der Waals surface area contributed by atoms with Gasteiger partial charge in [-0.1, -0.05) is 6.92 Å². The lowest BCUT2D eigenvalue weighted by Gasteiger charge is -2.14. The van der Waals surface area contributed by atoms with Crippen LogP contribution in [0.4, 0.5) is 5.69 Å². The van der Waals surface area contributed by atoms with Crippen LogP contribution in [0.15, 0.2) is 33.9 Å². The number of aromatic nitrogens is 1. The third-order valence-corrected chi connectivity index (χ3v) is 4.12. The number of aliphatic hydroxyl groups excluding tert-OH is 1. The molecule has 0 bridgehead atoms. The van der Waals surface area contributed by atoms with Crippen LogP contribution in [-0.2, 0) is 20.7 Å². The van der Waals surface area contributed by atoms with E-state index < -0.39 is 5.97 Å². The van der Waals surface area contributed by atoms with Gasteiger partial charge in [0.2, 0.25) is 0 Å². The maximum absolute atomic E-state index is 12.5. The molecule has 1 amide bonds. The maximum atomic E-state index is 12.5. The van der Waals surface area contributed by atoms with Crippen LogP contribution in [0.2, 0.25) is 0 Å². The molecule has 0 saturated heterocycles. The summed E-state index contributed by atoms with van der Waals surface area (Å²) in [4.78, 5) is 30.4. The summed E-state index contributed by atoms with van der Waals surface area (Å²) in [5, 5.41) is 12.1. The van der Waals surface area contributed by atoms with Crippen LogP contribution >= 0.6 is 0 Å². The first-order chi connectivity index (χ1) is 12.6. The number of anilines is 1. The van der Waals surface area contributed by atoms with Crippen LogP contribution in [0, 0.1) is 0 Å². The van der Waals surface area contributed by atoms with Gasteiger partial charge in [0, 0.05) is 18.7 Å². The zero-order valence-corrected chi connectivity index (χ0v) is 14.7. The molecule has 3 rings (SSSR count). The lowest BCUT2D eigenvalue weighted by atomic mass is 10.2. The number of amides is 1. The first kappa shape index (κ1) is 17.9. The topological polar surface area (TPSA) is 105 Å². The summed E-state index contributed by atoms with van der Waals surface area (Å²) in [5.41, 5.74) is 2.35. The molecule has 0 fully saturated rings. The third-order valence-electron chi connectivity index (χ3n) is 4.12. The fraction of sp³-hybridized carbons (Fsp3) is 0.389. The minimum Gasteiger partial charge on any atom is -0.466 e. The standard InChI is InChI=1S/C18H21N3O5/c1-3-4-15-20-13-9-11(5-6-14(13)26-15)19-16-12(18(24)25-2)10-21(7-8-22)17(16)23/h5-6,9,19,22H,3-4,7-8,10H2,1-2H3. The van der Waals surface area contributed by atoms with E-state index in [4.69, 9.17) is 14.3 Å². The van der Waals surface area contributed by atoms with E-state index in [1.54, 1.807) is 18.2 Å². The Balaban J connectivity index is 1.90. The molecule has 8 heteroatoms. The van der Waals surface area contributed by atoms with Crippen molar-refractivity contribution in [2.24, 2.45) is 0 Å². The van der Waals surface area contributed by atoms with Crippen LogP contribution < -0.4 is 5.32 Å². The Labute approximate surface area is 150 Å². The largest absolute Gasteiger partial charge is 0.466 e. The highest BCUT2D eigenvalue weighted by Crippen LogP contribution is 2.25. The number of β-amino-alcohol motifs (C(OH)–C–C–N with tert-alkyl or cyclic N) is 1. The number of hydrogen-bond donors (Lipinski definition) is 2. The van der Waals surface area contributed by atoms with Crippen LogP contribution in [-0.4, -0.2) is 53.7 Å². The number of fused-ring (bicyclic) bond motifs is 1. The second-order valence-electron chi connectivity index (χ2n) is 5.96. The minimum atomic E-state index is -0.575. The molecule has 0 saturated carbocycles. The van der Waals surface area contributed by atoms with Gasteiger partial charge in [0.1, 0.15) is 11.2 Å². The number of nitrogens with one attached hydrogen (secondary N) is 1. The first-order valence-corrected chi connectivity index (χ1v) is 8.45. The molecule has 0 atom stereocenters. The van der Waals surface area contributed by atoms with Gasteiger partial charge in [0.25, 0.3) is 5.91 Å². The zero-order valence-electron chi connectivity index (χ0n) is 14.7. The normalized spacial score (nSPS) is 14.4. The molecule has 1 aromatic carbocycles. The summed E-state index contributed by atoms with van der Waals surface area (Å²) < 4.78 is 10.4. The average molecular weight is 359 g/mol. The van der Waals surface area contributed by atoms with Crippen LogP contribution in [0.1, 0.15) is 19.2 Å². The van der Waals surface area contributed by atoms with E-state index >= 15 is 0 Å². The number of carbonyl (C=O) groups is 2. The zero-order chi connectivity index (χ0) is 18.7. The van der Waals surface area contributed by atoms with Gasteiger partial charge >= 0.3 is 5.97 Å². The van der Waals surface area contributed by atoms with Gasteiger partial charge < -0.3 is 24.5 Å². The lowest BCUT2D eigenvalue weighted by Crippen LogP contribution is -2.31. The van der Waals surface area contributed by atoms with Gasteiger partial charge in [-0.05, 0) is 24.6 Å². The third kappa shape index (κ3) is 3.41. The van der Waals surface area contributed by atoms with Crippen LogP contribution in [0.5, 0.6) is 0 Å². The van der Waals surface area contributed by atoms with E-state index in [1.807, 2.05) is 6.92 Å². The summed E-state index contributed by atoms with van der Waals surface area (Å²) in [5.74, 6) is -0.263. The molecular formula is C18H21N3O5. The Hall–Kier alpha value is -2.87. The summed E-state index contributed by atoms with van der Waals surface area (Å²) in [6.07, 6.45) is 1.69. The number of aryl methyl sites for hydroxylation is 1. The molecule has 0 unspecified atom stereocenters. The van der Waals surface area contributed by atoms with Crippen LogP contribution in [0.3, 0.4) is 0 Å². The highest BCUT2D eigenvalue weighted by Gasteiger charge is 2.34. The number of methoxy groups -OCH3 is 1. The summed E-state index contributed by atoms with van der Waals surface area (Å²) in [6.45, 7) is 2.11. The van der Waals surface area contributed by atoms with Crippen molar-refractivity contribution < 1.29 is 23.8 Å². The van der Waals surface area contributed by atoms with Crippen molar-refractivity contribution in [3.05, 3.63) is 35.4 Å². The number of ether oxygens (including phenoxy) is 1. The number of carbonyl (C=O) groups excluding carboxylic acids is 2. The van der Waals surface area contributed by atoms with Gasteiger partial charge in [0.15, 0.2) is 11.5 Å². The molecule has 1 aliphatic rings. The highest BCUT2D eigenvalue weighted by molar-refractivity contribution is 6.08. The Bertz CT molecular complexity index is 871. The van der Waals surface area contributed by atoms with Crippen molar-refractivity contribution in [2.75, 3.05) is 32.1 Å². The second kappa shape index (κ2) is 7.57. The lowest BCUT2D eigenvalue weighted by molar-refractivity contribution is -0.136. The Morgan fingerprint density at radius 2 is 2.27 bits per heavy atom. The van der Waals surface area contributed by atoms with Crippen molar-refractivity contribution >= 4 is 28.7 Å². The van der Waals surface area contributed by atoms with E-state index in [1.165, 1.54) is 12.0 Å².